The molecule has 148 valence electrons. The molecule has 2 aromatic rings. The molecule has 2 aromatic carbocycles. The van der Waals surface area contributed by atoms with E-state index in [1.807, 2.05) is 24.3 Å². The fraction of sp³-hybridized carbons (Fsp3) is 0.435. The minimum atomic E-state index is -0.114. The number of rotatable bonds is 6. The minimum Gasteiger partial charge on any atom is -0.489 e. The lowest BCUT2D eigenvalue weighted by Crippen LogP contribution is -2.42. The van der Waals surface area contributed by atoms with Gasteiger partial charge >= 0.3 is 0 Å². The van der Waals surface area contributed by atoms with E-state index in [4.69, 9.17) is 14.6 Å². The van der Waals surface area contributed by atoms with Crippen LogP contribution >= 0.6 is 0 Å². The monoisotopic (exact) mass is 380 g/mol. The molecule has 5 heteroatoms. The third kappa shape index (κ3) is 4.71. The van der Waals surface area contributed by atoms with Crippen LogP contribution in [0.1, 0.15) is 43.7 Å². The van der Waals surface area contributed by atoms with Gasteiger partial charge in [0.05, 0.1) is 5.56 Å². The summed E-state index contributed by atoms with van der Waals surface area (Å²) in [5.41, 5.74) is 2.49. The van der Waals surface area contributed by atoms with Crippen LogP contribution in [0.4, 0.5) is 0 Å². The molecule has 0 aromatic heterocycles. The van der Waals surface area contributed by atoms with E-state index in [9.17, 15) is 5.26 Å². The highest BCUT2D eigenvalue weighted by Gasteiger charge is 2.40. The molecule has 28 heavy (non-hydrogen) atoms. The van der Waals surface area contributed by atoms with Gasteiger partial charge in [0.25, 0.3) is 0 Å². The van der Waals surface area contributed by atoms with Crippen LogP contribution in [-0.2, 0) is 11.2 Å². The number of benzene rings is 2. The largest absolute Gasteiger partial charge is 0.489 e. The van der Waals surface area contributed by atoms with Gasteiger partial charge < -0.3 is 14.6 Å². The molecular weight excluding hydrogens is 352 g/mol. The van der Waals surface area contributed by atoms with Crippen molar-refractivity contribution in [3.05, 3.63) is 65.2 Å². The molecule has 0 bridgehead atoms. The second-order valence-electron chi connectivity index (χ2n) is 8.07. The van der Waals surface area contributed by atoms with E-state index >= 15 is 0 Å². The van der Waals surface area contributed by atoms with Gasteiger partial charge in [-0.05, 0) is 50.5 Å². The van der Waals surface area contributed by atoms with E-state index in [2.05, 4.69) is 43.9 Å². The zero-order chi connectivity index (χ0) is 20.1. The standard InChI is InChI=1S/C23H28N2O3/c1-23(2,3)25-15-20(28-22(25)18-7-5-4-6-8-18)16-27-21-10-9-17(11-12-26)13-19(21)14-24/h4-10,13,20,22,26H,11-12,15-16H2,1-3H3/t20-,22?/m0/s1. The van der Waals surface area contributed by atoms with Crippen LogP contribution < -0.4 is 4.74 Å². The molecular formula is C23H28N2O3. The summed E-state index contributed by atoms with van der Waals surface area (Å²) in [4.78, 5) is 2.34. The average Bonchev–Trinajstić information content (AvgIpc) is 3.13. The number of hydrogen-bond donors (Lipinski definition) is 1. The van der Waals surface area contributed by atoms with E-state index in [0.29, 0.717) is 24.3 Å². The zero-order valence-electron chi connectivity index (χ0n) is 16.8. The Morgan fingerprint density at radius 1 is 1.21 bits per heavy atom. The number of aliphatic hydroxyl groups is 1. The Morgan fingerprint density at radius 3 is 2.61 bits per heavy atom. The van der Waals surface area contributed by atoms with Gasteiger partial charge in [-0.15, -0.1) is 0 Å². The van der Waals surface area contributed by atoms with E-state index in [1.54, 1.807) is 12.1 Å². The quantitative estimate of drug-likeness (QED) is 0.828. The van der Waals surface area contributed by atoms with E-state index in [-0.39, 0.29) is 24.5 Å². The molecule has 1 unspecified atom stereocenters. The SMILES string of the molecule is CC(C)(C)N1C[C@@H](COc2ccc(CCO)cc2C#N)OC1c1ccccc1. The Bertz CT molecular complexity index is 824. The number of nitriles is 1. The highest BCUT2D eigenvalue weighted by Crippen LogP contribution is 2.36. The molecule has 3 rings (SSSR count). The van der Waals surface area contributed by atoms with Gasteiger partial charge in [-0.1, -0.05) is 36.4 Å². The summed E-state index contributed by atoms with van der Waals surface area (Å²) in [7, 11) is 0. The molecule has 0 radical (unpaired) electrons. The molecule has 1 fully saturated rings. The van der Waals surface area contributed by atoms with E-state index in [1.165, 1.54) is 0 Å². The summed E-state index contributed by atoms with van der Waals surface area (Å²) < 4.78 is 12.3. The first kappa shape index (κ1) is 20.3. The summed E-state index contributed by atoms with van der Waals surface area (Å²) in [6, 6.07) is 17.9. The van der Waals surface area contributed by atoms with Crippen LogP contribution in [0, 0.1) is 11.3 Å². The van der Waals surface area contributed by atoms with Crippen molar-refractivity contribution in [1.29, 1.82) is 5.26 Å². The maximum atomic E-state index is 9.41. The van der Waals surface area contributed by atoms with Crippen LogP contribution in [-0.4, -0.2) is 41.4 Å². The molecule has 0 aliphatic carbocycles. The Balaban J connectivity index is 1.71. The van der Waals surface area contributed by atoms with Gasteiger partial charge in [-0.25, -0.2) is 0 Å². The lowest BCUT2D eigenvalue weighted by atomic mass is 10.0. The summed E-state index contributed by atoms with van der Waals surface area (Å²) in [5.74, 6) is 0.554. The predicted octanol–water partition coefficient (Wildman–Crippen LogP) is 3.67. The first-order valence-corrected chi connectivity index (χ1v) is 9.66. The first-order chi connectivity index (χ1) is 13.4. The second-order valence-corrected chi connectivity index (χ2v) is 8.07. The van der Waals surface area contributed by atoms with Crippen molar-refractivity contribution >= 4 is 0 Å². The van der Waals surface area contributed by atoms with Gasteiger partial charge in [0.15, 0.2) is 0 Å². The highest BCUT2D eigenvalue weighted by atomic mass is 16.6. The predicted molar refractivity (Wildman–Crippen MR) is 108 cm³/mol. The minimum absolute atomic E-state index is 0.0426. The molecule has 2 atom stereocenters. The van der Waals surface area contributed by atoms with E-state index in [0.717, 1.165) is 17.7 Å². The molecule has 0 spiro atoms. The van der Waals surface area contributed by atoms with Crippen molar-refractivity contribution < 1.29 is 14.6 Å². The summed E-state index contributed by atoms with van der Waals surface area (Å²) in [6.07, 6.45) is 0.324. The van der Waals surface area contributed by atoms with Crippen LogP contribution in [0.15, 0.2) is 48.5 Å². The molecule has 5 nitrogen and oxygen atoms in total. The first-order valence-electron chi connectivity index (χ1n) is 9.66. The second kappa shape index (κ2) is 8.74. The Hall–Kier alpha value is -2.39. The summed E-state index contributed by atoms with van der Waals surface area (Å²) >= 11 is 0. The van der Waals surface area contributed by atoms with Crippen LogP contribution in [0.25, 0.3) is 0 Å². The molecule has 1 saturated heterocycles. The van der Waals surface area contributed by atoms with Crippen LogP contribution in [0.5, 0.6) is 5.75 Å². The Labute approximate surface area is 167 Å². The third-order valence-electron chi connectivity index (χ3n) is 4.94. The molecule has 0 saturated carbocycles. The third-order valence-corrected chi connectivity index (χ3v) is 4.94. The average molecular weight is 380 g/mol. The van der Waals surface area contributed by atoms with Gasteiger partial charge in [-0.2, -0.15) is 5.26 Å². The Morgan fingerprint density at radius 2 is 1.96 bits per heavy atom. The molecule has 0 amide bonds. The van der Waals surface area contributed by atoms with Crippen molar-refractivity contribution in [3.63, 3.8) is 0 Å². The van der Waals surface area contributed by atoms with Gasteiger partial charge in [0, 0.05) is 18.7 Å². The van der Waals surface area contributed by atoms with Crippen LogP contribution in [0.3, 0.4) is 0 Å². The van der Waals surface area contributed by atoms with Crippen molar-refractivity contribution in [2.75, 3.05) is 19.8 Å². The van der Waals surface area contributed by atoms with Gasteiger partial charge in [0.1, 0.15) is 30.8 Å². The van der Waals surface area contributed by atoms with Crippen molar-refractivity contribution in [2.45, 2.75) is 45.1 Å². The van der Waals surface area contributed by atoms with Crippen molar-refractivity contribution in [3.8, 4) is 11.8 Å². The molecule has 1 N–H and O–H groups in total. The molecule has 1 heterocycles. The van der Waals surface area contributed by atoms with Gasteiger partial charge in [0.2, 0.25) is 0 Å². The zero-order valence-corrected chi connectivity index (χ0v) is 16.8. The fourth-order valence-corrected chi connectivity index (χ4v) is 3.47. The fourth-order valence-electron chi connectivity index (χ4n) is 3.47. The van der Waals surface area contributed by atoms with Crippen molar-refractivity contribution in [1.82, 2.24) is 4.90 Å². The lowest BCUT2D eigenvalue weighted by molar-refractivity contribution is -0.0398. The van der Waals surface area contributed by atoms with Gasteiger partial charge in [-0.3, -0.25) is 4.90 Å². The Kier molecular flexibility index (Phi) is 6.35. The smallest absolute Gasteiger partial charge is 0.137 e. The summed E-state index contributed by atoms with van der Waals surface area (Å²) in [5, 5.41) is 18.5. The molecule has 1 aliphatic rings. The maximum Gasteiger partial charge on any atom is 0.137 e. The number of nitrogens with zero attached hydrogens (tertiary/aromatic N) is 2. The number of ether oxygens (including phenoxy) is 2. The molecule has 1 aliphatic heterocycles. The highest BCUT2D eigenvalue weighted by molar-refractivity contribution is 5.45. The number of hydrogen-bond acceptors (Lipinski definition) is 5. The normalized spacial score (nSPS) is 20.1. The summed E-state index contributed by atoms with van der Waals surface area (Å²) in [6.45, 7) is 7.75. The number of aliphatic hydroxyl groups excluding tert-OH is 1. The van der Waals surface area contributed by atoms with Crippen molar-refractivity contribution in [2.24, 2.45) is 0 Å². The van der Waals surface area contributed by atoms with E-state index < -0.39 is 0 Å². The van der Waals surface area contributed by atoms with Crippen LogP contribution in [0.2, 0.25) is 0 Å². The lowest BCUT2D eigenvalue weighted by Gasteiger charge is -2.35. The maximum absolute atomic E-state index is 9.41. The topological polar surface area (TPSA) is 65.7 Å².